The van der Waals surface area contributed by atoms with Gasteiger partial charge in [0.15, 0.2) is 0 Å². The number of hydrogen-bond donors (Lipinski definition) is 1. The maximum atomic E-state index is 13.2. The summed E-state index contributed by atoms with van der Waals surface area (Å²) in [5.41, 5.74) is 0.472. The van der Waals surface area contributed by atoms with E-state index in [0.29, 0.717) is 30.6 Å². The minimum Gasteiger partial charge on any atom is -0.314 e. The highest BCUT2D eigenvalue weighted by molar-refractivity contribution is 7.89. The van der Waals surface area contributed by atoms with Crippen LogP contribution in [0.4, 0.5) is 4.39 Å². The van der Waals surface area contributed by atoms with E-state index in [1.807, 2.05) is 0 Å². The van der Waals surface area contributed by atoms with Crippen LogP contribution in [0.15, 0.2) is 23.1 Å². The van der Waals surface area contributed by atoms with Crippen LogP contribution in [-0.4, -0.2) is 38.4 Å². The third-order valence-corrected chi connectivity index (χ3v) is 6.98. The lowest BCUT2D eigenvalue weighted by molar-refractivity contribution is 0.234. The van der Waals surface area contributed by atoms with E-state index in [4.69, 9.17) is 0 Å². The van der Waals surface area contributed by atoms with Crippen LogP contribution >= 0.6 is 0 Å². The van der Waals surface area contributed by atoms with Crippen molar-refractivity contribution >= 4 is 10.0 Å². The number of piperidine rings is 1. The second kappa shape index (κ2) is 6.26. The zero-order valence-corrected chi connectivity index (χ0v) is 13.7. The molecule has 1 aromatic carbocycles. The zero-order valence-electron chi connectivity index (χ0n) is 12.9. The Bertz CT molecular complexity index is 634. The maximum absolute atomic E-state index is 13.2. The Morgan fingerprint density at radius 1 is 1.23 bits per heavy atom. The minimum atomic E-state index is -3.51. The van der Waals surface area contributed by atoms with Crippen LogP contribution in [0.3, 0.4) is 0 Å². The Kier molecular flexibility index (Phi) is 4.52. The summed E-state index contributed by atoms with van der Waals surface area (Å²) in [6.45, 7) is 3.84. The van der Waals surface area contributed by atoms with Gasteiger partial charge in [-0.1, -0.05) is 0 Å². The third kappa shape index (κ3) is 3.05. The van der Waals surface area contributed by atoms with Crippen molar-refractivity contribution in [1.29, 1.82) is 0 Å². The monoisotopic (exact) mass is 326 g/mol. The van der Waals surface area contributed by atoms with Crippen molar-refractivity contribution < 1.29 is 12.8 Å². The van der Waals surface area contributed by atoms with Gasteiger partial charge in [0.2, 0.25) is 10.0 Å². The number of rotatable bonds is 3. The summed E-state index contributed by atoms with van der Waals surface area (Å²) in [7, 11) is -3.51. The molecule has 0 spiro atoms. The van der Waals surface area contributed by atoms with E-state index in [0.717, 1.165) is 19.4 Å². The van der Waals surface area contributed by atoms with Crippen LogP contribution in [0, 0.1) is 18.7 Å². The predicted molar refractivity (Wildman–Crippen MR) is 83.6 cm³/mol. The molecule has 0 radical (unpaired) electrons. The van der Waals surface area contributed by atoms with Gasteiger partial charge in [0, 0.05) is 19.1 Å². The molecule has 2 heterocycles. The van der Waals surface area contributed by atoms with Gasteiger partial charge in [0.1, 0.15) is 5.82 Å². The molecule has 0 amide bonds. The summed E-state index contributed by atoms with van der Waals surface area (Å²) >= 11 is 0. The predicted octanol–water partition coefficient (Wildman–Crippen LogP) is 2.29. The van der Waals surface area contributed by atoms with Gasteiger partial charge in [-0.3, -0.25) is 0 Å². The standard InChI is InChI=1S/C16H23FN2O2S/c1-12-11-14(17)4-5-16(12)22(20,21)19-9-6-13(7-10-19)15-3-2-8-18-15/h4-5,11,13,15,18H,2-3,6-10H2,1H3. The highest BCUT2D eigenvalue weighted by atomic mass is 32.2. The van der Waals surface area contributed by atoms with Crippen LogP contribution in [0.5, 0.6) is 0 Å². The number of nitrogens with zero attached hydrogens (tertiary/aromatic N) is 1. The van der Waals surface area contributed by atoms with E-state index in [2.05, 4.69) is 5.32 Å². The fourth-order valence-electron chi connectivity index (χ4n) is 3.67. The molecule has 1 atom stereocenters. The summed E-state index contributed by atoms with van der Waals surface area (Å²) in [6, 6.07) is 4.43. The molecule has 122 valence electrons. The lowest BCUT2D eigenvalue weighted by Gasteiger charge is -2.34. The molecule has 2 aliphatic heterocycles. The van der Waals surface area contributed by atoms with Crippen LogP contribution < -0.4 is 5.32 Å². The molecule has 0 bridgehead atoms. The first-order valence-corrected chi connectivity index (χ1v) is 9.42. The molecule has 2 aliphatic rings. The molecule has 1 aromatic rings. The van der Waals surface area contributed by atoms with Crippen molar-refractivity contribution in [2.45, 2.75) is 43.5 Å². The number of hydrogen-bond acceptors (Lipinski definition) is 3. The molecule has 4 nitrogen and oxygen atoms in total. The second-order valence-corrected chi connectivity index (χ2v) is 8.26. The van der Waals surface area contributed by atoms with E-state index < -0.39 is 15.8 Å². The fraction of sp³-hybridized carbons (Fsp3) is 0.625. The van der Waals surface area contributed by atoms with Gasteiger partial charge < -0.3 is 5.32 Å². The second-order valence-electron chi connectivity index (χ2n) is 6.35. The first-order chi connectivity index (χ1) is 10.5. The quantitative estimate of drug-likeness (QED) is 0.927. The van der Waals surface area contributed by atoms with Crippen molar-refractivity contribution in [3.63, 3.8) is 0 Å². The summed E-state index contributed by atoms with van der Waals surface area (Å²) < 4.78 is 40.2. The van der Waals surface area contributed by atoms with Gasteiger partial charge in [-0.2, -0.15) is 4.31 Å². The number of benzene rings is 1. The van der Waals surface area contributed by atoms with Crippen LogP contribution in [0.1, 0.15) is 31.2 Å². The molecular formula is C16H23FN2O2S. The van der Waals surface area contributed by atoms with E-state index >= 15 is 0 Å². The van der Waals surface area contributed by atoms with Crippen molar-refractivity contribution in [1.82, 2.24) is 9.62 Å². The number of sulfonamides is 1. The first kappa shape index (κ1) is 15.9. The SMILES string of the molecule is Cc1cc(F)ccc1S(=O)(=O)N1CCC(C2CCCN2)CC1. The summed E-state index contributed by atoms with van der Waals surface area (Å²) in [6.07, 6.45) is 4.22. The molecule has 2 fully saturated rings. The van der Waals surface area contributed by atoms with Gasteiger partial charge in [-0.25, -0.2) is 12.8 Å². The lowest BCUT2D eigenvalue weighted by Crippen LogP contribution is -2.43. The normalized spacial score (nSPS) is 24.7. The van der Waals surface area contributed by atoms with Crippen molar-refractivity contribution in [3.05, 3.63) is 29.6 Å². The molecular weight excluding hydrogens is 303 g/mol. The third-order valence-electron chi connectivity index (χ3n) is 4.92. The molecule has 0 saturated carbocycles. The van der Waals surface area contributed by atoms with Gasteiger partial charge >= 0.3 is 0 Å². The number of aryl methyl sites for hydroxylation is 1. The molecule has 6 heteroatoms. The first-order valence-electron chi connectivity index (χ1n) is 7.98. The van der Waals surface area contributed by atoms with Crippen molar-refractivity contribution in [3.8, 4) is 0 Å². The average Bonchev–Trinajstić information content (AvgIpc) is 3.01. The summed E-state index contributed by atoms with van der Waals surface area (Å²) in [4.78, 5) is 0.228. The number of halogens is 1. The van der Waals surface area contributed by atoms with E-state index in [1.54, 1.807) is 11.2 Å². The fourth-order valence-corrected chi connectivity index (χ4v) is 5.35. The minimum absolute atomic E-state index is 0.228. The molecule has 0 aliphatic carbocycles. The smallest absolute Gasteiger partial charge is 0.243 e. The highest BCUT2D eigenvalue weighted by Crippen LogP contribution is 2.29. The van der Waals surface area contributed by atoms with Crippen molar-refractivity contribution in [2.24, 2.45) is 5.92 Å². The number of nitrogens with one attached hydrogen (secondary N) is 1. The Hall–Kier alpha value is -0.980. The van der Waals surface area contributed by atoms with Crippen LogP contribution in [0.25, 0.3) is 0 Å². The Morgan fingerprint density at radius 3 is 2.55 bits per heavy atom. The van der Waals surface area contributed by atoms with E-state index in [1.165, 1.54) is 31.0 Å². The summed E-state index contributed by atoms with van der Waals surface area (Å²) in [5, 5.41) is 3.52. The van der Waals surface area contributed by atoms with Crippen molar-refractivity contribution in [2.75, 3.05) is 19.6 Å². The molecule has 3 rings (SSSR count). The topological polar surface area (TPSA) is 49.4 Å². The summed E-state index contributed by atoms with van der Waals surface area (Å²) in [5.74, 6) is 0.172. The Labute approximate surface area is 131 Å². The largest absolute Gasteiger partial charge is 0.314 e. The van der Waals surface area contributed by atoms with Crippen LogP contribution in [0.2, 0.25) is 0 Å². The highest BCUT2D eigenvalue weighted by Gasteiger charge is 2.33. The zero-order chi connectivity index (χ0) is 15.7. The Morgan fingerprint density at radius 2 is 1.95 bits per heavy atom. The lowest BCUT2D eigenvalue weighted by atomic mass is 9.89. The maximum Gasteiger partial charge on any atom is 0.243 e. The molecule has 2 saturated heterocycles. The molecule has 0 aromatic heterocycles. The van der Waals surface area contributed by atoms with Gasteiger partial charge in [-0.15, -0.1) is 0 Å². The molecule has 1 N–H and O–H groups in total. The average molecular weight is 326 g/mol. The van der Waals surface area contributed by atoms with Crippen LogP contribution in [-0.2, 0) is 10.0 Å². The molecule has 22 heavy (non-hydrogen) atoms. The van der Waals surface area contributed by atoms with E-state index in [9.17, 15) is 12.8 Å². The molecule has 1 unspecified atom stereocenters. The van der Waals surface area contributed by atoms with Gasteiger partial charge in [0.05, 0.1) is 4.90 Å². The van der Waals surface area contributed by atoms with Gasteiger partial charge in [0.25, 0.3) is 0 Å². The van der Waals surface area contributed by atoms with E-state index in [-0.39, 0.29) is 4.90 Å². The Balaban J connectivity index is 1.71. The van der Waals surface area contributed by atoms with Gasteiger partial charge in [-0.05, 0) is 68.8 Å².